The van der Waals surface area contributed by atoms with Gasteiger partial charge < -0.3 is 15.0 Å². The van der Waals surface area contributed by atoms with Crippen molar-refractivity contribution in [1.82, 2.24) is 9.97 Å². The third kappa shape index (κ3) is 3.36. The molecular weight excluding hydrogens is 288 g/mol. The number of halogens is 1. The third-order valence-electron chi connectivity index (χ3n) is 3.27. The lowest BCUT2D eigenvalue weighted by atomic mass is 10.1. The highest BCUT2D eigenvalue weighted by molar-refractivity contribution is 6.32. The van der Waals surface area contributed by atoms with Gasteiger partial charge in [-0.3, -0.25) is 0 Å². The maximum Gasteiger partial charge on any atom is 0.157 e. The fourth-order valence-corrected chi connectivity index (χ4v) is 2.47. The standard InChI is InChI=1S/C15H19ClN4O/c1-10-7-11(5-6-12(10)21-4)8-20(3)15-13(17-2)14(16)18-9-19-15/h5-7,9,17H,8H2,1-4H3. The molecule has 0 radical (unpaired) electrons. The summed E-state index contributed by atoms with van der Waals surface area (Å²) in [6.45, 7) is 2.75. The summed E-state index contributed by atoms with van der Waals surface area (Å²) in [5.41, 5.74) is 3.01. The van der Waals surface area contributed by atoms with Gasteiger partial charge in [0.25, 0.3) is 0 Å². The Labute approximate surface area is 129 Å². The van der Waals surface area contributed by atoms with E-state index in [0.29, 0.717) is 11.7 Å². The number of benzene rings is 1. The predicted octanol–water partition coefficient (Wildman–Crippen LogP) is 3.13. The average Bonchev–Trinajstić information content (AvgIpc) is 2.47. The molecule has 0 unspecified atom stereocenters. The van der Waals surface area contributed by atoms with Crippen molar-refractivity contribution >= 4 is 23.1 Å². The van der Waals surface area contributed by atoms with E-state index < -0.39 is 0 Å². The van der Waals surface area contributed by atoms with Gasteiger partial charge in [-0.1, -0.05) is 23.7 Å². The molecule has 2 aromatic rings. The number of methoxy groups -OCH3 is 1. The first kappa shape index (κ1) is 15.4. The molecule has 6 heteroatoms. The molecule has 112 valence electrons. The van der Waals surface area contributed by atoms with Gasteiger partial charge >= 0.3 is 0 Å². The van der Waals surface area contributed by atoms with Crippen molar-refractivity contribution in [3.8, 4) is 5.75 Å². The average molecular weight is 307 g/mol. The van der Waals surface area contributed by atoms with Gasteiger partial charge in [-0.05, 0) is 24.1 Å². The van der Waals surface area contributed by atoms with Crippen LogP contribution in [0.5, 0.6) is 5.75 Å². The molecule has 0 fully saturated rings. The van der Waals surface area contributed by atoms with Crippen LogP contribution in [0.25, 0.3) is 0 Å². The van der Waals surface area contributed by atoms with E-state index in [1.54, 1.807) is 14.2 Å². The minimum absolute atomic E-state index is 0.417. The van der Waals surface area contributed by atoms with Gasteiger partial charge in [0.05, 0.1) is 7.11 Å². The van der Waals surface area contributed by atoms with Gasteiger partial charge in [-0.2, -0.15) is 0 Å². The lowest BCUT2D eigenvalue weighted by Crippen LogP contribution is -2.19. The van der Waals surface area contributed by atoms with Crippen LogP contribution < -0.4 is 15.0 Å². The van der Waals surface area contributed by atoms with E-state index in [1.807, 2.05) is 31.0 Å². The highest BCUT2D eigenvalue weighted by Crippen LogP contribution is 2.29. The predicted molar refractivity (Wildman–Crippen MR) is 86.4 cm³/mol. The number of rotatable bonds is 5. The molecular formula is C15H19ClN4O. The smallest absolute Gasteiger partial charge is 0.157 e. The second-order valence-corrected chi connectivity index (χ2v) is 5.13. The zero-order chi connectivity index (χ0) is 15.4. The Hall–Kier alpha value is -2.01. The number of anilines is 2. The Morgan fingerprint density at radius 1 is 1.33 bits per heavy atom. The molecule has 0 aliphatic heterocycles. The van der Waals surface area contributed by atoms with Gasteiger partial charge in [0.2, 0.25) is 0 Å². The van der Waals surface area contributed by atoms with E-state index in [4.69, 9.17) is 16.3 Å². The van der Waals surface area contributed by atoms with Crippen LogP contribution in [-0.2, 0) is 6.54 Å². The van der Waals surface area contributed by atoms with E-state index >= 15 is 0 Å². The number of aromatic nitrogens is 2. The van der Waals surface area contributed by atoms with Crippen LogP contribution >= 0.6 is 11.6 Å². The number of nitrogens with one attached hydrogen (secondary N) is 1. The maximum atomic E-state index is 6.08. The maximum absolute atomic E-state index is 6.08. The first-order valence-corrected chi connectivity index (χ1v) is 6.97. The topological polar surface area (TPSA) is 50.3 Å². The van der Waals surface area contributed by atoms with E-state index in [2.05, 4.69) is 21.4 Å². The summed E-state index contributed by atoms with van der Waals surface area (Å²) in [4.78, 5) is 10.3. The highest BCUT2D eigenvalue weighted by atomic mass is 35.5. The molecule has 5 nitrogen and oxygen atoms in total. The molecule has 1 N–H and O–H groups in total. The summed E-state index contributed by atoms with van der Waals surface area (Å²) < 4.78 is 5.28. The van der Waals surface area contributed by atoms with Crippen molar-refractivity contribution in [2.75, 3.05) is 31.4 Å². The third-order valence-corrected chi connectivity index (χ3v) is 3.56. The molecule has 0 aliphatic rings. The fraction of sp³-hybridized carbons (Fsp3) is 0.333. The first-order valence-electron chi connectivity index (χ1n) is 6.59. The van der Waals surface area contributed by atoms with Crippen molar-refractivity contribution in [3.05, 3.63) is 40.8 Å². The lowest BCUT2D eigenvalue weighted by Gasteiger charge is -2.21. The van der Waals surface area contributed by atoms with Gasteiger partial charge in [0.15, 0.2) is 11.0 Å². The van der Waals surface area contributed by atoms with Crippen LogP contribution in [0.1, 0.15) is 11.1 Å². The number of nitrogens with zero attached hydrogens (tertiary/aromatic N) is 3. The van der Waals surface area contributed by atoms with Gasteiger partial charge in [0.1, 0.15) is 17.8 Å². The largest absolute Gasteiger partial charge is 0.496 e. The molecule has 21 heavy (non-hydrogen) atoms. The summed E-state index contributed by atoms with van der Waals surface area (Å²) in [6.07, 6.45) is 1.47. The monoisotopic (exact) mass is 306 g/mol. The summed E-state index contributed by atoms with van der Waals surface area (Å²) in [6, 6.07) is 6.13. The van der Waals surface area contributed by atoms with Gasteiger partial charge in [-0.25, -0.2) is 9.97 Å². The molecule has 0 amide bonds. The van der Waals surface area contributed by atoms with Crippen LogP contribution in [0, 0.1) is 6.92 Å². The molecule has 1 aromatic carbocycles. The quantitative estimate of drug-likeness (QED) is 0.860. The summed E-state index contributed by atoms with van der Waals surface area (Å²) in [5, 5.41) is 3.46. The first-order chi connectivity index (χ1) is 10.1. The second-order valence-electron chi connectivity index (χ2n) is 4.77. The SMILES string of the molecule is CNc1c(Cl)ncnc1N(C)Cc1ccc(OC)c(C)c1. The van der Waals surface area contributed by atoms with Crippen molar-refractivity contribution < 1.29 is 4.74 Å². The Morgan fingerprint density at radius 2 is 2.10 bits per heavy atom. The summed E-state index contributed by atoms with van der Waals surface area (Å²) in [5.74, 6) is 1.66. The van der Waals surface area contributed by atoms with Crippen LogP contribution in [-0.4, -0.2) is 31.2 Å². The minimum Gasteiger partial charge on any atom is -0.496 e. The molecule has 0 saturated heterocycles. The molecule has 0 atom stereocenters. The molecule has 2 rings (SSSR count). The number of aryl methyl sites for hydroxylation is 1. The fourth-order valence-electron chi connectivity index (χ4n) is 2.25. The molecule has 0 aliphatic carbocycles. The van der Waals surface area contributed by atoms with Crippen molar-refractivity contribution in [2.24, 2.45) is 0 Å². The number of hydrogen-bond donors (Lipinski definition) is 1. The molecule has 1 aromatic heterocycles. The zero-order valence-electron chi connectivity index (χ0n) is 12.6. The van der Waals surface area contributed by atoms with E-state index in [1.165, 1.54) is 11.9 Å². The van der Waals surface area contributed by atoms with Crippen LogP contribution in [0.3, 0.4) is 0 Å². The molecule has 1 heterocycles. The minimum atomic E-state index is 0.417. The zero-order valence-corrected chi connectivity index (χ0v) is 13.4. The van der Waals surface area contributed by atoms with Gasteiger partial charge in [-0.15, -0.1) is 0 Å². The summed E-state index contributed by atoms with van der Waals surface area (Å²) >= 11 is 6.08. The van der Waals surface area contributed by atoms with E-state index in [9.17, 15) is 0 Å². The Bertz CT molecular complexity index is 633. The summed E-state index contributed by atoms with van der Waals surface area (Å²) in [7, 11) is 5.45. The van der Waals surface area contributed by atoms with Crippen LogP contribution in [0.2, 0.25) is 5.15 Å². The molecule has 0 bridgehead atoms. The van der Waals surface area contributed by atoms with Crippen LogP contribution in [0.15, 0.2) is 24.5 Å². The lowest BCUT2D eigenvalue weighted by molar-refractivity contribution is 0.411. The van der Waals surface area contributed by atoms with E-state index in [0.717, 1.165) is 22.8 Å². The molecule has 0 saturated carbocycles. The molecule has 0 spiro atoms. The Kier molecular flexibility index (Phi) is 4.85. The van der Waals surface area contributed by atoms with Crippen molar-refractivity contribution in [3.63, 3.8) is 0 Å². The number of ether oxygens (including phenoxy) is 1. The Balaban J connectivity index is 2.24. The van der Waals surface area contributed by atoms with Crippen molar-refractivity contribution in [2.45, 2.75) is 13.5 Å². The number of hydrogen-bond acceptors (Lipinski definition) is 5. The van der Waals surface area contributed by atoms with Crippen LogP contribution in [0.4, 0.5) is 11.5 Å². The normalized spacial score (nSPS) is 10.3. The van der Waals surface area contributed by atoms with Crippen molar-refractivity contribution in [1.29, 1.82) is 0 Å². The van der Waals surface area contributed by atoms with E-state index in [-0.39, 0.29) is 0 Å². The second kappa shape index (κ2) is 6.63. The van der Waals surface area contributed by atoms with Gasteiger partial charge in [0, 0.05) is 20.6 Å². The highest BCUT2D eigenvalue weighted by Gasteiger charge is 2.13. The Morgan fingerprint density at radius 3 is 2.71 bits per heavy atom.